The summed E-state index contributed by atoms with van der Waals surface area (Å²) < 4.78 is 24.0. The number of hydrogen-bond donors (Lipinski definition) is 2. The Kier molecular flexibility index (Phi) is 6.15. The number of benzene rings is 1. The number of aliphatic carboxylic acids is 1. The van der Waals surface area contributed by atoms with E-state index in [0.29, 0.717) is 18.5 Å². The van der Waals surface area contributed by atoms with E-state index in [2.05, 4.69) is 5.32 Å². The number of sulfone groups is 1. The van der Waals surface area contributed by atoms with Gasteiger partial charge in [0.1, 0.15) is 0 Å². The number of carboxylic acid groups (broad SMARTS) is 1. The highest BCUT2D eigenvalue weighted by atomic mass is 32.2. The molecule has 0 unspecified atom stereocenters. The summed E-state index contributed by atoms with van der Waals surface area (Å²) in [6.45, 7) is 0.707. The number of carboxylic acids is 1. The number of nitrogens with one attached hydrogen (secondary N) is 1. The van der Waals surface area contributed by atoms with Gasteiger partial charge in [-0.3, -0.25) is 4.79 Å². The summed E-state index contributed by atoms with van der Waals surface area (Å²) in [5.74, 6) is -0.956. The number of nitriles is 1. The fourth-order valence-electron chi connectivity index (χ4n) is 1.57. The van der Waals surface area contributed by atoms with E-state index in [-0.39, 0.29) is 23.6 Å². The molecule has 0 aromatic heterocycles. The third-order valence-corrected chi connectivity index (χ3v) is 4.33. The van der Waals surface area contributed by atoms with Crippen LogP contribution in [-0.2, 0) is 14.6 Å². The second kappa shape index (κ2) is 7.62. The van der Waals surface area contributed by atoms with Gasteiger partial charge in [0, 0.05) is 13.0 Å². The predicted octanol–water partition coefficient (Wildman–Crippen LogP) is 0.786. The van der Waals surface area contributed by atoms with Crippen LogP contribution in [-0.4, -0.2) is 38.3 Å². The first-order chi connectivity index (χ1) is 9.45. The minimum Gasteiger partial charge on any atom is -0.481 e. The molecule has 0 fully saturated rings. The molecule has 108 valence electrons. The van der Waals surface area contributed by atoms with Gasteiger partial charge in [0.05, 0.1) is 22.3 Å². The molecule has 7 heteroatoms. The molecule has 0 bridgehead atoms. The quantitative estimate of drug-likeness (QED) is 0.687. The summed E-state index contributed by atoms with van der Waals surface area (Å²) in [6.07, 6.45) is 0.517. The van der Waals surface area contributed by atoms with Crippen molar-refractivity contribution in [2.45, 2.75) is 17.7 Å². The van der Waals surface area contributed by atoms with Crippen molar-refractivity contribution in [2.24, 2.45) is 0 Å². The molecule has 0 saturated heterocycles. The van der Waals surface area contributed by atoms with Crippen LogP contribution in [0.4, 0.5) is 0 Å². The lowest BCUT2D eigenvalue weighted by Gasteiger charge is -2.06. The molecule has 0 aliphatic heterocycles. The molecular formula is C13H16N2O4S. The van der Waals surface area contributed by atoms with E-state index in [0.717, 1.165) is 0 Å². The van der Waals surface area contributed by atoms with Gasteiger partial charge in [-0.05, 0) is 31.2 Å². The van der Waals surface area contributed by atoms with Gasteiger partial charge in [0.15, 0.2) is 9.84 Å². The van der Waals surface area contributed by atoms with Crippen molar-refractivity contribution in [3.05, 3.63) is 29.8 Å². The van der Waals surface area contributed by atoms with E-state index in [9.17, 15) is 13.2 Å². The molecule has 0 amide bonds. The van der Waals surface area contributed by atoms with Crippen molar-refractivity contribution in [3.63, 3.8) is 0 Å². The van der Waals surface area contributed by atoms with Crippen molar-refractivity contribution >= 4 is 15.8 Å². The first-order valence-corrected chi connectivity index (χ1v) is 7.76. The fraction of sp³-hybridized carbons (Fsp3) is 0.385. The molecule has 0 atom stereocenters. The largest absolute Gasteiger partial charge is 0.481 e. The Morgan fingerprint density at radius 1 is 1.35 bits per heavy atom. The summed E-state index contributed by atoms with van der Waals surface area (Å²) in [5.41, 5.74) is 0.306. The Hall–Kier alpha value is -1.91. The highest BCUT2D eigenvalue weighted by Crippen LogP contribution is 2.12. The van der Waals surface area contributed by atoms with E-state index >= 15 is 0 Å². The summed E-state index contributed by atoms with van der Waals surface area (Å²) in [4.78, 5) is 10.4. The van der Waals surface area contributed by atoms with Crippen LogP contribution >= 0.6 is 0 Å². The lowest BCUT2D eigenvalue weighted by atomic mass is 10.2. The first kappa shape index (κ1) is 16.1. The Bertz CT molecular complexity index is 605. The zero-order valence-corrected chi connectivity index (χ0v) is 11.7. The fourth-order valence-corrected chi connectivity index (χ4v) is 2.81. The lowest BCUT2D eigenvalue weighted by Crippen LogP contribution is -2.24. The Balaban J connectivity index is 2.46. The molecule has 20 heavy (non-hydrogen) atoms. The van der Waals surface area contributed by atoms with E-state index in [1.807, 2.05) is 6.07 Å². The number of carbonyl (C=O) groups is 1. The third-order valence-electron chi connectivity index (χ3n) is 2.61. The molecule has 0 heterocycles. The summed E-state index contributed by atoms with van der Waals surface area (Å²) >= 11 is 0. The SMILES string of the molecule is N#Cc1cccc(S(=O)(=O)CCNCCCC(=O)O)c1. The molecule has 0 radical (unpaired) electrons. The van der Waals surface area contributed by atoms with Gasteiger partial charge in [0.25, 0.3) is 0 Å². The van der Waals surface area contributed by atoms with E-state index in [1.54, 1.807) is 6.07 Å². The van der Waals surface area contributed by atoms with Crippen LogP contribution in [0.25, 0.3) is 0 Å². The van der Waals surface area contributed by atoms with Crippen molar-refractivity contribution in [1.82, 2.24) is 5.32 Å². The Morgan fingerprint density at radius 3 is 2.75 bits per heavy atom. The van der Waals surface area contributed by atoms with Gasteiger partial charge in [-0.15, -0.1) is 0 Å². The van der Waals surface area contributed by atoms with Gasteiger partial charge in [-0.25, -0.2) is 8.42 Å². The number of rotatable bonds is 8. The van der Waals surface area contributed by atoms with Crippen LogP contribution in [0.3, 0.4) is 0 Å². The van der Waals surface area contributed by atoms with Crippen LogP contribution in [0.5, 0.6) is 0 Å². The third kappa shape index (κ3) is 5.38. The molecule has 0 spiro atoms. The molecule has 2 N–H and O–H groups in total. The van der Waals surface area contributed by atoms with Gasteiger partial charge in [-0.2, -0.15) is 5.26 Å². The smallest absolute Gasteiger partial charge is 0.303 e. The highest BCUT2D eigenvalue weighted by Gasteiger charge is 2.14. The maximum Gasteiger partial charge on any atom is 0.303 e. The van der Waals surface area contributed by atoms with Crippen molar-refractivity contribution in [1.29, 1.82) is 5.26 Å². The van der Waals surface area contributed by atoms with Gasteiger partial charge < -0.3 is 10.4 Å². The van der Waals surface area contributed by atoms with Crippen LogP contribution in [0.2, 0.25) is 0 Å². The van der Waals surface area contributed by atoms with Crippen molar-refractivity contribution in [2.75, 3.05) is 18.8 Å². The maximum atomic E-state index is 12.0. The number of nitrogens with zero attached hydrogens (tertiary/aromatic N) is 1. The van der Waals surface area contributed by atoms with E-state index < -0.39 is 15.8 Å². The highest BCUT2D eigenvalue weighted by molar-refractivity contribution is 7.91. The Morgan fingerprint density at radius 2 is 2.10 bits per heavy atom. The minimum atomic E-state index is -3.43. The van der Waals surface area contributed by atoms with Crippen molar-refractivity contribution < 1.29 is 18.3 Å². The van der Waals surface area contributed by atoms with Crippen LogP contribution in [0.1, 0.15) is 18.4 Å². The first-order valence-electron chi connectivity index (χ1n) is 6.11. The topological polar surface area (TPSA) is 107 Å². The Labute approximate surface area is 118 Å². The van der Waals surface area contributed by atoms with Gasteiger partial charge in [0.2, 0.25) is 0 Å². The second-order valence-electron chi connectivity index (χ2n) is 4.21. The molecular weight excluding hydrogens is 280 g/mol. The normalized spacial score (nSPS) is 10.9. The molecule has 0 aliphatic carbocycles. The standard InChI is InChI=1S/C13H16N2O4S/c14-10-11-3-1-4-12(9-11)20(18,19)8-7-15-6-2-5-13(16)17/h1,3-4,9,15H,2,5-8H2,(H,16,17). The van der Waals surface area contributed by atoms with Gasteiger partial charge in [-0.1, -0.05) is 6.07 Å². The zero-order chi connectivity index (χ0) is 15.0. The summed E-state index contributed by atoms with van der Waals surface area (Å²) in [7, 11) is -3.43. The van der Waals surface area contributed by atoms with Crippen LogP contribution < -0.4 is 5.32 Å². The lowest BCUT2D eigenvalue weighted by molar-refractivity contribution is -0.137. The van der Waals surface area contributed by atoms with Crippen molar-refractivity contribution in [3.8, 4) is 6.07 Å². The predicted molar refractivity (Wildman–Crippen MR) is 72.9 cm³/mol. The molecule has 0 aliphatic rings. The zero-order valence-electron chi connectivity index (χ0n) is 10.9. The van der Waals surface area contributed by atoms with Crippen LogP contribution in [0.15, 0.2) is 29.2 Å². The van der Waals surface area contributed by atoms with E-state index in [1.165, 1.54) is 18.2 Å². The number of hydrogen-bond acceptors (Lipinski definition) is 5. The van der Waals surface area contributed by atoms with Gasteiger partial charge >= 0.3 is 5.97 Å². The molecule has 1 aromatic rings. The van der Waals surface area contributed by atoms with Crippen LogP contribution in [0, 0.1) is 11.3 Å². The average Bonchev–Trinajstić information content (AvgIpc) is 2.42. The summed E-state index contributed by atoms with van der Waals surface area (Å²) in [5, 5.41) is 20.1. The molecule has 1 aromatic carbocycles. The van der Waals surface area contributed by atoms with E-state index in [4.69, 9.17) is 10.4 Å². The average molecular weight is 296 g/mol. The molecule has 1 rings (SSSR count). The summed E-state index contributed by atoms with van der Waals surface area (Å²) in [6, 6.07) is 7.78. The minimum absolute atomic E-state index is 0.0595. The second-order valence-corrected chi connectivity index (χ2v) is 6.31. The monoisotopic (exact) mass is 296 g/mol. The molecule has 6 nitrogen and oxygen atoms in total. The molecule has 0 saturated carbocycles. The maximum absolute atomic E-state index is 12.0.